The molecule has 2 N–H and O–H groups in total. The highest BCUT2D eigenvalue weighted by atomic mass is 35.5. The van der Waals surface area contributed by atoms with Gasteiger partial charge in [-0.2, -0.15) is 0 Å². The van der Waals surface area contributed by atoms with Crippen LogP contribution in [0.25, 0.3) is 0 Å². The summed E-state index contributed by atoms with van der Waals surface area (Å²) >= 11 is 5.95. The summed E-state index contributed by atoms with van der Waals surface area (Å²) in [7, 11) is 0. The molecule has 0 spiro atoms. The Labute approximate surface area is 132 Å². The fourth-order valence-electron chi connectivity index (χ4n) is 3.37. The van der Waals surface area contributed by atoms with Gasteiger partial charge in [0.15, 0.2) is 0 Å². The van der Waals surface area contributed by atoms with Gasteiger partial charge in [-0.15, -0.1) is 0 Å². The second-order valence-corrected chi connectivity index (χ2v) is 6.86. The first kappa shape index (κ1) is 16.7. The summed E-state index contributed by atoms with van der Waals surface area (Å²) in [5.41, 5.74) is 7.08. The number of rotatable bonds is 6. The molecule has 1 aromatic carbocycles. The van der Waals surface area contributed by atoms with Crippen molar-refractivity contribution in [1.29, 1.82) is 0 Å². The third-order valence-corrected chi connectivity index (χ3v) is 4.61. The first-order valence-corrected chi connectivity index (χ1v) is 8.31. The molecule has 0 amide bonds. The molecular weight excluding hydrogens is 287 g/mol. The Balaban J connectivity index is 2.26. The third-order valence-electron chi connectivity index (χ3n) is 4.32. The van der Waals surface area contributed by atoms with Crippen LogP contribution in [0.1, 0.15) is 51.1 Å². The van der Waals surface area contributed by atoms with E-state index in [1.54, 1.807) is 6.07 Å². The van der Waals surface area contributed by atoms with Gasteiger partial charge in [0.05, 0.1) is 5.02 Å². The average molecular weight is 313 g/mol. The SMILES string of the molecule is CC(C)CN(C1CCCC1)C(CN)c1ccc(F)c(Cl)c1. The van der Waals surface area contributed by atoms with Gasteiger partial charge in [0, 0.05) is 25.2 Å². The number of hydrogen-bond donors (Lipinski definition) is 1. The van der Waals surface area contributed by atoms with Gasteiger partial charge in [0.2, 0.25) is 0 Å². The standard InChI is InChI=1S/C17H26ClFN2/c1-12(2)11-21(14-5-3-4-6-14)17(10-20)13-7-8-16(19)15(18)9-13/h7-9,12,14,17H,3-6,10-11,20H2,1-2H3. The van der Waals surface area contributed by atoms with Crippen molar-refractivity contribution in [2.75, 3.05) is 13.1 Å². The van der Waals surface area contributed by atoms with Gasteiger partial charge < -0.3 is 5.73 Å². The lowest BCUT2D eigenvalue weighted by molar-refractivity contribution is 0.121. The Hall–Kier alpha value is -0.640. The summed E-state index contributed by atoms with van der Waals surface area (Å²) in [4.78, 5) is 2.52. The average Bonchev–Trinajstić information content (AvgIpc) is 2.96. The van der Waals surface area contributed by atoms with Crippen LogP contribution in [0.2, 0.25) is 5.02 Å². The molecule has 0 saturated heterocycles. The molecule has 0 heterocycles. The first-order chi connectivity index (χ1) is 10.0. The summed E-state index contributed by atoms with van der Waals surface area (Å²) in [6.07, 6.45) is 5.05. The van der Waals surface area contributed by atoms with Gasteiger partial charge in [-0.3, -0.25) is 4.90 Å². The van der Waals surface area contributed by atoms with E-state index in [2.05, 4.69) is 18.7 Å². The van der Waals surface area contributed by atoms with Crippen molar-refractivity contribution in [3.05, 3.63) is 34.6 Å². The fraction of sp³-hybridized carbons (Fsp3) is 0.647. The lowest BCUT2D eigenvalue weighted by atomic mass is 10.0. The van der Waals surface area contributed by atoms with Gasteiger partial charge in [0.1, 0.15) is 5.82 Å². The minimum atomic E-state index is -0.368. The number of hydrogen-bond acceptors (Lipinski definition) is 2. The Morgan fingerprint density at radius 1 is 1.33 bits per heavy atom. The van der Waals surface area contributed by atoms with E-state index in [1.807, 2.05) is 6.07 Å². The molecule has 1 aromatic rings. The Morgan fingerprint density at radius 2 is 2.00 bits per heavy atom. The van der Waals surface area contributed by atoms with E-state index >= 15 is 0 Å². The highest BCUT2D eigenvalue weighted by molar-refractivity contribution is 6.30. The first-order valence-electron chi connectivity index (χ1n) is 7.93. The van der Waals surface area contributed by atoms with Gasteiger partial charge in [-0.1, -0.05) is 44.4 Å². The summed E-state index contributed by atoms with van der Waals surface area (Å²) in [6.45, 7) is 6.01. The normalized spacial score (nSPS) is 17.9. The molecular formula is C17H26ClFN2. The van der Waals surface area contributed by atoms with Crippen LogP contribution in [0, 0.1) is 11.7 Å². The molecule has 0 aliphatic heterocycles. The maximum absolute atomic E-state index is 13.4. The minimum absolute atomic E-state index is 0.119. The van der Waals surface area contributed by atoms with Crippen LogP contribution in [0.5, 0.6) is 0 Å². The predicted octanol–water partition coefficient (Wildman–Crippen LogP) is 4.38. The molecule has 4 heteroatoms. The minimum Gasteiger partial charge on any atom is -0.329 e. The van der Waals surface area contributed by atoms with Crippen LogP contribution in [0.3, 0.4) is 0 Å². The van der Waals surface area contributed by atoms with Crippen LogP contribution in [0.15, 0.2) is 18.2 Å². The Kier molecular flexibility index (Phi) is 6.03. The predicted molar refractivity (Wildman–Crippen MR) is 87.0 cm³/mol. The van der Waals surface area contributed by atoms with E-state index in [1.165, 1.54) is 31.7 Å². The van der Waals surface area contributed by atoms with E-state index in [0.717, 1.165) is 12.1 Å². The summed E-state index contributed by atoms with van der Waals surface area (Å²) in [5, 5.41) is 0.182. The maximum atomic E-state index is 13.4. The summed E-state index contributed by atoms with van der Waals surface area (Å²) in [6, 6.07) is 5.71. The zero-order valence-electron chi connectivity index (χ0n) is 13.0. The smallest absolute Gasteiger partial charge is 0.141 e. The Bertz CT molecular complexity index is 458. The molecule has 21 heavy (non-hydrogen) atoms. The summed E-state index contributed by atoms with van der Waals surface area (Å²) < 4.78 is 13.4. The molecule has 0 radical (unpaired) electrons. The zero-order chi connectivity index (χ0) is 15.4. The van der Waals surface area contributed by atoms with Gasteiger partial charge in [-0.05, 0) is 36.5 Å². The quantitative estimate of drug-likeness (QED) is 0.844. The van der Waals surface area contributed by atoms with E-state index in [-0.39, 0.29) is 16.9 Å². The van der Waals surface area contributed by atoms with Crippen molar-refractivity contribution in [2.24, 2.45) is 11.7 Å². The molecule has 1 aliphatic carbocycles. The highest BCUT2D eigenvalue weighted by Crippen LogP contribution is 2.32. The van der Waals surface area contributed by atoms with Crippen molar-refractivity contribution in [3.63, 3.8) is 0 Å². The van der Waals surface area contributed by atoms with E-state index in [9.17, 15) is 4.39 Å². The molecule has 1 fully saturated rings. The van der Waals surface area contributed by atoms with Crippen LogP contribution < -0.4 is 5.73 Å². The third kappa shape index (κ3) is 4.18. The van der Waals surface area contributed by atoms with Gasteiger partial charge in [0.25, 0.3) is 0 Å². The maximum Gasteiger partial charge on any atom is 0.141 e. The molecule has 1 aliphatic rings. The zero-order valence-corrected chi connectivity index (χ0v) is 13.7. The number of nitrogens with two attached hydrogens (primary N) is 1. The Morgan fingerprint density at radius 3 is 2.52 bits per heavy atom. The van der Waals surface area contributed by atoms with Crippen LogP contribution in [-0.4, -0.2) is 24.0 Å². The second kappa shape index (κ2) is 7.57. The largest absolute Gasteiger partial charge is 0.329 e. The van der Waals surface area contributed by atoms with Crippen molar-refractivity contribution in [3.8, 4) is 0 Å². The van der Waals surface area contributed by atoms with Crippen molar-refractivity contribution >= 4 is 11.6 Å². The molecule has 1 unspecified atom stereocenters. The molecule has 1 saturated carbocycles. The van der Waals surface area contributed by atoms with Gasteiger partial charge >= 0.3 is 0 Å². The second-order valence-electron chi connectivity index (χ2n) is 6.45. The van der Waals surface area contributed by atoms with Crippen LogP contribution in [-0.2, 0) is 0 Å². The lowest BCUT2D eigenvalue weighted by Crippen LogP contribution is -2.42. The van der Waals surface area contributed by atoms with E-state index in [0.29, 0.717) is 18.5 Å². The molecule has 0 bridgehead atoms. The molecule has 1 atom stereocenters. The van der Waals surface area contributed by atoms with Crippen LogP contribution >= 0.6 is 11.6 Å². The topological polar surface area (TPSA) is 29.3 Å². The molecule has 2 nitrogen and oxygen atoms in total. The van der Waals surface area contributed by atoms with Crippen molar-refractivity contribution in [1.82, 2.24) is 4.90 Å². The molecule has 0 aromatic heterocycles. The fourth-order valence-corrected chi connectivity index (χ4v) is 3.56. The van der Waals surface area contributed by atoms with Gasteiger partial charge in [-0.25, -0.2) is 4.39 Å². The number of nitrogens with zero attached hydrogens (tertiary/aromatic N) is 1. The van der Waals surface area contributed by atoms with E-state index < -0.39 is 0 Å². The molecule has 118 valence electrons. The number of benzene rings is 1. The van der Waals surface area contributed by atoms with Crippen molar-refractivity contribution in [2.45, 2.75) is 51.6 Å². The highest BCUT2D eigenvalue weighted by Gasteiger charge is 2.29. The number of halogens is 2. The monoisotopic (exact) mass is 312 g/mol. The lowest BCUT2D eigenvalue weighted by Gasteiger charge is -2.37. The van der Waals surface area contributed by atoms with Crippen LogP contribution in [0.4, 0.5) is 4.39 Å². The molecule has 2 rings (SSSR count). The summed E-state index contributed by atoms with van der Waals surface area (Å²) in [5.74, 6) is 0.211. The van der Waals surface area contributed by atoms with E-state index in [4.69, 9.17) is 17.3 Å². The van der Waals surface area contributed by atoms with Crippen molar-refractivity contribution < 1.29 is 4.39 Å².